The molecule has 1 atom stereocenters. The Hall–Kier alpha value is -1.68. The zero-order chi connectivity index (χ0) is 16.9. The van der Waals surface area contributed by atoms with Gasteiger partial charge in [-0.15, -0.1) is 0 Å². The number of benzene rings is 2. The first-order valence-corrected chi connectivity index (χ1v) is 9.64. The third kappa shape index (κ3) is 5.17. The molecule has 3 heteroatoms. The summed E-state index contributed by atoms with van der Waals surface area (Å²) in [6, 6.07) is 19.2. The van der Waals surface area contributed by atoms with E-state index >= 15 is 0 Å². The molecule has 1 unspecified atom stereocenters. The zero-order valence-corrected chi connectivity index (χ0v) is 15.8. The minimum absolute atomic E-state index is 0.187. The first kappa shape index (κ1) is 17.7. The molecule has 0 amide bonds. The number of nitrogens with zero attached hydrogens (tertiary/aromatic N) is 1. The molecule has 122 valence electrons. The first-order valence-electron chi connectivity index (χ1n) is 8.01. The van der Waals surface area contributed by atoms with Crippen LogP contribution in [0.3, 0.4) is 0 Å². The van der Waals surface area contributed by atoms with E-state index in [2.05, 4.69) is 94.0 Å². The van der Waals surface area contributed by atoms with Crippen molar-refractivity contribution in [3.05, 3.63) is 66.7 Å². The monoisotopic (exact) mass is 325 g/mol. The molecule has 0 saturated carbocycles. The van der Waals surface area contributed by atoms with Crippen molar-refractivity contribution in [3.63, 3.8) is 0 Å². The minimum atomic E-state index is -1.73. The Morgan fingerprint density at radius 1 is 1.00 bits per heavy atom. The average Bonchev–Trinajstić information content (AvgIpc) is 2.52. The molecule has 0 aliphatic heterocycles. The van der Waals surface area contributed by atoms with E-state index in [0.717, 1.165) is 12.1 Å². The van der Waals surface area contributed by atoms with Crippen LogP contribution in [0.25, 0.3) is 6.08 Å². The maximum Gasteiger partial charge on any atom is 0.240 e. The summed E-state index contributed by atoms with van der Waals surface area (Å²) in [6.07, 6.45) is 1.87. The molecule has 0 fully saturated rings. The Morgan fingerprint density at radius 2 is 1.57 bits per heavy atom. The lowest BCUT2D eigenvalue weighted by Crippen LogP contribution is -2.52. The second kappa shape index (κ2) is 7.73. The van der Waals surface area contributed by atoms with Gasteiger partial charge < -0.3 is 9.33 Å². The van der Waals surface area contributed by atoms with Crippen LogP contribution in [0.2, 0.25) is 0 Å². The van der Waals surface area contributed by atoms with E-state index in [-0.39, 0.29) is 5.60 Å². The third-order valence-corrected chi connectivity index (χ3v) is 6.57. The lowest BCUT2D eigenvalue weighted by Gasteiger charge is -2.33. The lowest BCUT2D eigenvalue weighted by molar-refractivity contribution is 0.0803. The summed E-state index contributed by atoms with van der Waals surface area (Å²) in [7, 11) is 2.45. The van der Waals surface area contributed by atoms with Crippen molar-refractivity contribution in [2.45, 2.75) is 19.4 Å². The highest BCUT2D eigenvalue weighted by atomic mass is 28.3. The second-order valence-electron chi connectivity index (χ2n) is 6.78. The van der Waals surface area contributed by atoms with E-state index in [1.165, 1.54) is 10.4 Å². The fourth-order valence-corrected chi connectivity index (χ4v) is 5.36. The largest absolute Gasteiger partial charge is 0.405 e. The van der Waals surface area contributed by atoms with Gasteiger partial charge in [0, 0.05) is 6.54 Å². The number of hydrogen-bond donors (Lipinski definition) is 0. The summed E-state index contributed by atoms with van der Waals surface area (Å²) < 4.78 is 6.67. The molecule has 2 aromatic rings. The van der Waals surface area contributed by atoms with Crippen LogP contribution in [0.1, 0.15) is 19.4 Å². The number of hydrogen-bond acceptors (Lipinski definition) is 2. The Morgan fingerprint density at radius 3 is 2.09 bits per heavy atom. The van der Waals surface area contributed by atoms with Crippen LogP contribution in [0, 0.1) is 0 Å². The van der Waals surface area contributed by atoms with E-state index in [9.17, 15) is 0 Å². The van der Waals surface area contributed by atoms with Gasteiger partial charge in [0.1, 0.15) is 0 Å². The molecular weight excluding hydrogens is 298 g/mol. The molecule has 0 bridgehead atoms. The standard InChI is InChI=1S/C20H27NOSi/c1-6-17-12-14-19(15-13-17)23(18-10-8-7-9-11-18)22-20(2,3)16-21(4)5/h6-15,23H,1,16H2,2-5H3. The third-order valence-electron chi connectivity index (χ3n) is 3.71. The van der Waals surface area contributed by atoms with Crippen molar-refractivity contribution in [1.29, 1.82) is 0 Å². The Labute approximate surface area is 142 Å². The maximum atomic E-state index is 6.67. The van der Waals surface area contributed by atoms with Gasteiger partial charge in [0.15, 0.2) is 0 Å². The van der Waals surface area contributed by atoms with Crippen molar-refractivity contribution >= 4 is 25.5 Å². The van der Waals surface area contributed by atoms with Crippen LogP contribution in [-0.2, 0) is 4.43 Å². The predicted molar refractivity (Wildman–Crippen MR) is 103 cm³/mol. The molecule has 0 aromatic heterocycles. The molecule has 23 heavy (non-hydrogen) atoms. The van der Waals surface area contributed by atoms with Gasteiger partial charge in [-0.3, -0.25) is 0 Å². The van der Waals surface area contributed by atoms with Crippen LogP contribution >= 0.6 is 0 Å². The van der Waals surface area contributed by atoms with Gasteiger partial charge in [0.05, 0.1) is 5.60 Å². The van der Waals surface area contributed by atoms with E-state index in [4.69, 9.17) is 4.43 Å². The molecule has 0 spiro atoms. The molecule has 2 rings (SSSR count). The van der Waals surface area contributed by atoms with E-state index < -0.39 is 9.04 Å². The Kier molecular flexibility index (Phi) is 5.94. The van der Waals surface area contributed by atoms with Crippen LogP contribution in [0.4, 0.5) is 0 Å². The summed E-state index contributed by atoms with van der Waals surface area (Å²) in [4.78, 5) is 2.18. The van der Waals surface area contributed by atoms with E-state index in [1.807, 2.05) is 6.08 Å². The van der Waals surface area contributed by atoms with Crippen molar-refractivity contribution in [2.24, 2.45) is 0 Å². The highest BCUT2D eigenvalue weighted by Crippen LogP contribution is 2.13. The van der Waals surface area contributed by atoms with Crippen LogP contribution < -0.4 is 10.4 Å². The summed E-state index contributed by atoms with van der Waals surface area (Å²) in [5, 5.41) is 2.61. The molecule has 2 nitrogen and oxygen atoms in total. The fourth-order valence-electron chi connectivity index (χ4n) is 2.88. The second-order valence-corrected chi connectivity index (χ2v) is 9.11. The summed E-state index contributed by atoms with van der Waals surface area (Å²) in [5.74, 6) is 0. The SMILES string of the molecule is C=Cc1ccc([SiH](OC(C)(C)CN(C)C)c2ccccc2)cc1. The zero-order valence-electron chi connectivity index (χ0n) is 14.6. The molecule has 0 aliphatic rings. The Balaban J connectivity index is 2.33. The molecule has 0 radical (unpaired) electrons. The van der Waals surface area contributed by atoms with Crippen molar-refractivity contribution in [3.8, 4) is 0 Å². The fraction of sp³-hybridized carbons (Fsp3) is 0.300. The van der Waals surface area contributed by atoms with Gasteiger partial charge in [0.2, 0.25) is 9.04 Å². The van der Waals surface area contributed by atoms with Gasteiger partial charge in [0.25, 0.3) is 0 Å². The highest BCUT2D eigenvalue weighted by molar-refractivity contribution is 6.80. The summed E-state index contributed by atoms with van der Waals surface area (Å²) in [6.45, 7) is 9.08. The average molecular weight is 326 g/mol. The van der Waals surface area contributed by atoms with Gasteiger partial charge in [-0.05, 0) is 43.9 Å². The predicted octanol–water partition coefficient (Wildman–Crippen LogP) is 2.52. The van der Waals surface area contributed by atoms with Gasteiger partial charge >= 0.3 is 0 Å². The van der Waals surface area contributed by atoms with E-state index in [1.54, 1.807) is 0 Å². The number of rotatable bonds is 7. The lowest BCUT2D eigenvalue weighted by atomic mass is 10.1. The molecule has 0 N–H and O–H groups in total. The van der Waals surface area contributed by atoms with Gasteiger partial charge in [-0.25, -0.2) is 0 Å². The Bertz CT molecular complexity index is 620. The highest BCUT2D eigenvalue weighted by Gasteiger charge is 2.27. The van der Waals surface area contributed by atoms with Crippen LogP contribution in [0.5, 0.6) is 0 Å². The molecule has 0 saturated heterocycles. The van der Waals surface area contributed by atoms with Crippen LogP contribution in [-0.4, -0.2) is 40.2 Å². The summed E-state index contributed by atoms with van der Waals surface area (Å²) in [5.41, 5.74) is 0.954. The topological polar surface area (TPSA) is 12.5 Å². The maximum absolute atomic E-state index is 6.67. The van der Waals surface area contributed by atoms with Gasteiger partial charge in [-0.1, -0.05) is 67.3 Å². The van der Waals surface area contributed by atoms with Crippen molar-refractivity contribution in [1.82, 2.24) is 4.90 Å². The molecule has 0 aliphatic carbocycles. The quantitative estimate of drug-likeness (QED) is 0.725. The van der Waals surface area contributed by atoms with Gasteiger partial charge in [-0.2, -0.15) is 0 Å². The minimum Gasteiger partial charge on any atom is -0.405 e. The molecular formula is C20H27NOSi. The number of likely N-dealkylation sites (N-methyl/N-ethyl adjacent to an activating group) is 1. The van der Waals surface area contributed by atoms with Crippen molar-refractivity contribution < 1.29 is 4.43 Å². The summed E-state index contributed by atoms with van der Waals surface area (Å²) >= 11 is 0. The normalized spacial score (nSPS) is 13.1. The van der Waals surface area contributed by atoms with E-state index in [0.29, 0.717) is 0 Å². The molecule has 2 aromatic carbocycles. The first-order chi connectivity index (χ1) is 10.9. The van der Waals surface area contributed by atoms with Crippen molar-refractivity contribution in [2.75, 3.05) is 20.6 Å². The smallest absolute Gasteiger partial charge is 0.240 e. The van der Waals surface area contributed by atoms with Crippen LogP contribution in [0.15, 0.2) is 61.2 Å². The molecule has 0 heterocycles.